The molecule has 22 heavy (non-hydrogen) atoms. The third-order valence-electron chi connectivity index (χ3n) is 3.65. The molecule has 1 aromatic heterocycles. The maximum Gasteiger partial charge on any atom is 0.271 e. The first-order valence-electron chi connectivity index (χ1n) is 7.90. The fourth-order valence-corrected chi connectivity index (χ4v) is 2.04. The van der Waals surface area contributed by atoms with Crippen LogP contribution in [-0.4, -0.2) is 33.4 Å². The van der Waals surface area contributed by atoms with Crippen molar-refractivity contribution in [2.24, 2.45) is 5.41 Å². The first-order valence-corrected chi connectivity index (χ1v) is 7.90. The Bertz CT molecular complexity index is 519. The van der Waals surface area contributed by atoms with Crippen LogP contribution in [0, 0.1) is 5.41 Å². The van der Waals surface area contributed by atoms with E-state index in [1.54, 1.807) is 0 Å². The van der Waals surface area contributed by atoms with E-state index in [0.717, 1.165) is 5.69 Å². The number of amides is 1. The summed E-state index contributed by atoms with van der Waals surface area (Å²) in [6, 6.07) is 1.84. The maximum absolute atomic E-state index is 12.3. The molecular formula is C17H31N3O2. The molecule has 5 nitrogen and oxygen atoms in total. The molecule has 1 rings (SSSR count). The Balaban J connectivity index is 2.92. The van der Waals surface area contributed by atoms with Gasteiger partial charge in [-0.3, -0.25) is 9.48 Å². The summed E-state index contributed by atoms with van der Waals surface area (Å²) in [4.78, 5) is 12.3. The molecule has 0 bridgehead atoms. The summed E-state index contributed by atoms with van der Waals surface area (Å²) in [5.41, 5.74) is 0.998. The molecule has 1 amide bonds. The van der Waals surface area contributed by atoms with Crippen LogP contribution >= 0.6 is 0 Å². The molecule has 1 aromatic rings. The minimum Gasteiger partial charge on any atom is -0.391 e. The van der Waals surface area contributed by atoms with Gasteiger partial charge in [-0.05, 0) is 38.2 Å². The highest BCUT2D eigenvalue weighted by molar-refractivity contribution is 5.92. The van der Waals surface area contributed by atoms with Crippen LogP contribution in [0.15, 0.2) is 6.07 Å². The smallest absolute Gasteiger partial charge is 0.271 e. The van der Waals surface area contributed by atoms with Crippen LogP contribution in [0.4, 0.5) is 0 Å². The van der Waals surface area contributed by atoms with Crippen LogP contribution in [0.5, 0.6) is 0 Å². The van der Waals surface area contributed by atoms with Crippen LogP contribution in [-0.2, 0) is 5.54 Å². The standard InChI is InChI=1S/C17H31N3O2/c1-11(2)13-9-12(19-20(13)17(6,7)8)15(22)18-10-14(21)16(3,4)5/h9,11,14,21H,10H2,1-8H3,(H,18,22). The molecule has 5 heteroatoms. The van der Waals surface area contributed by atoms with E-state index >= 15 is 0 Å². The second-order valence-corrected chi connectivity index (χ2v) is 8.28. The van der Waals surface area contributed by atoms with Crippen molar-refractivity contribution in [1.29, 1.82) is 0 Å². The SMILES string of the molecule is CC(C)c1cc(C(=O)NCC(O)C(C)(C)C)nn1C(C)(C)C. The number of carbonyl (C=O) groups excluding carboxylic acids is 1. The minimum absolute atomic E-state index is 0.178. The van der Waals surface area contributed by atoms with E-state index in [1.807, 2.05) is 31.5 Å². The van der Waals surface area contributed by atoms with E-state index in [9.17, 15) is 9.90 Å². The van der Waals surface area contributed by atoms with Gasteiger partial charge in [0, 0.05) is 12.2 Å². The molecule has 0 saturated carbocycles. The third kappa shape index (κ3) is 4.57. The molecule has 126 valence electrons. The van der Waals surface area contributed by atoms with Gasteiger partial charge in [0.15, 0.2) is 0 Å². The van der Waals surface area contributed by atoms with Gasteiger partial charge < -0.3 is 10.4 Å². The second kappa shape index (κ2) is 6.41. The zero-order chi connectivity index (χ0) is 17.3. The molecule has 0 fully saturated rings. The molecule has 0 spiro atoms. The Morgan fingerprint density at radius 3 is 2.18 bits per heavy atom. The first-order chi connectivity index (χ1) is 9.84. The summed E-state index contributed by atoms with van der Waals surface area (Å²) in [5.74, 6) is 0.0432. The van der Waals surface area contributed by atoms with Crippen molar-refractivity contribution in [2.45, 2.75) is 73.0 Å². The Kier molecular flexibility index (Phi) is 5.44. The first kappa shape index (κ1) is 18.7. The Labute approximate surface area is 134 Å². The number of hydrogen-bond acceptors (Lipinski definition) is 3. The van der Waals surface area contributed by atoms with Gasteiger partial charge in [0.2, 0.25) is 0 Å². The largest absolute Gasteiger partial charge is 0.391 e. The molecule has 0 aliphatic rings. The number of carbonyl (C=O) groups is 1. The highest BCUT2D eigenvalue weighted by Crippen LogP contribution is 2.23. The number of aromatic nitrogens is 2. The van der Waals surface area contributed by atoms with E-state index in [2.05, 4.69) is 45.0 Å². The average Bonchev–Trinajstić information content (AvgIpc) is 2.79. The summed E-state index contributed by atoms with van der Waals surface area (Å²) in [6.45, 7) is 16.4. The number of nitrogens with zero attached hydrogens (tertiary/aromatic N) is 2. The fraction of sp³-hybridized carbons (Fsp3) is 0.765. The summed E-state index contributed by atoms with van der Waals surface area (Å²) in [7, 11) is 0. The van der Waals surface area contributed by atoms with Crippen molar-refractivity contribution in [1.82, 2.24) is 15.1 Å². The summed E-state index contributed by atoms with van der Waals surface area (Å²) in [5, 5.41) is 17.3. The van der Waals surface area contributed by atoms with E-state index in [1.165, 1.54) is 0 Å². The van der Waals surface area contributed by atoms with E-state index in [0.29, 0.717) is 5.69 Å². The van der Waals surface area contributed by atoms with Crippen molar-refractivity contribution in [3.63, 3.8) is 0 Å². The Hall–Kier alpha value is -1.36. The monoisotopic (exact) mass is 309 g/mol. The van der Waals surface area contributed by atoms with Crippen molar-refractivity contribution < 1.29 is 9.90 Å². The van der Waals surface area contributed by atoms with Crippen LogP contribution in [0.3, 0.4) is 0 Å². The molecule has 1 heterocycles. The molecule has 0 saturated heterocycles. The van der Waals surface area contributed by atoms with Gasteiger partial charge in [-0.1, -0.05) is 34.6 Å². The lowest BCUT2D eigenvalue weighted by atomic mass is 9.89. The molecule has 0 aliphatic carbocycles. The molecule has 2 N–H and O–H groups in total. The maximum atomic E-state index is 12.3. The fourth-order valence-electron chi connectivity index (χ4n) is 2.04. The predicted molar refractivity (Wildman–Crippen MR) is 89.1 cm³/mol. The van der Waals surface area contributed by atoms with Gasteiger partial charge in [-0.15, -0.1) is 0 Å². The predicted octanol–water partition coefficient (Wildman–Crippen LogP) is 2.90. The highest BCUT2D eigenvalue weighted by Gasteiger charge is 2.25. The third-order valence-corrected chi connectivity index (χ3v) is 3.65. The van der Waals surface area contributed by atoms with Gasteiger partial charge in [0.1, 0.15) is 5.69 Å². The van der Waals surface area contributed by atoms with Gasteiger partial charge in [0.05, 0.1) is 11.6 Å². The lowest BCUT2D eigenvalue weighted by molar-refractivity contribution is 0.0585. The molecular weight excluding hydrogens is 278 g/mol. The van der Waals surface area contributed by atoms with Gasteiger partial charge in [-0.2, -0.15) is 5.10 Å². The Morgan fingerprint density at radius 2 is 1.82 bits per heavy atom. The van der Waals surface area contributed by atoms with Crippen molar-refractivity contribution >= 4 is 5.91 Å². The zero-order valence-electron chi connectivity index (χ0n) is 15.2. The molecule has 1 atom stereocenters. The van der Waals surface area contributed by atoms with E-state index in [-0.39, 0.29) is 29.3 Å². The summed E-state index contributed by atoms with van der Waals surface area (Å²) in [6.07, 6.45) is -0.592. The highest BCUT2D eigenvalue weighted by atomic mass is 16.3. The lowest BCUT2D eigenvalue weighted by Crippen LogP contribution is -2.39. The summed E-state index contributed by atoms with van der Waals surface area (Å²) >= 11 is 0. The summed E-state index contributed by atoms with van der Waals surface area (Å²) < 4.78 is 1.91. The van der Waals surface area contributed by atoms with Crippen molar-refractivity contribution in [2.75, 3.05) is 6.54 Å². The Morgan fingerprint density at radius 1 is 1.27 bits per heavy atom. The molecule has 0 aliphatic heterocycles. The molecule has 1 unspecified atom stereocenters. The molecule has 0 aromatic carbocycles. The van der Waals surface area contributed by atoms with Crippen molar-refractivity contribution in [3.05, 3.63) is 17.5 Å². The number of rotatable bonds is 4. The second-order valence-electron chi connectivity index (χ2n) is 8.28. The van der Waals surface area contributed by atoms with E-state index < -0.39 is 6.10 Å². The topological polar surface area (TPSA) is 67.2 Å². The van der Waals surface area contributed by atoms with Crippen LogP contribution in [0.2, 0.25) is 0 Å². The van der Waals surface area contributed by atoms with Crippen LogP contribution in [0.25, 0.3) is 0 Å². The molecule has 0 radical (unpaired) electrons. The zero-order valence-corrected chi connectivity index (χ0v) is 15.2. The number of nitrogens with one attached hydrogen (secondary N) is 1. The van der Waals surface area contributed by atoms with Gasteiger partial charge in [-0.25, -0.2) is 0 Å². The normalized spacial score (nSPS) is 14.3. The van der Waals surface area contributed by atoms with Gasteiger partial charge in [0.25, 0.3) is 5.91 Å². The minimum atomic E-state index is -0.592. The quantitative estimate of drug-likeness (QED) is 0.898. The van der Waals surface area contributed by atoms with Gasteiger partial charge >= 0.3 is 0 Å². The van der Waals surface area contributed by atoms with E-state index in [4.69, 9.17) is 0 Å². The number of aliphatic hydroxyl groups excluding tert-OH is 1. The van der Waals surface area contributed by atoms with Crippen LogP contribution < -0.4 is 5.32 Å². The van der Waals surface area contributed by atoms with Crippen molar-refractivity contribution in [3.8, 4) is 0 Å². The van der Waals surface area contributed by atoms with Crippen LogP contribution in [0.1, 0.15) is 77.5 Å². The lowest BCUT2D eigenvalue weighted by Gasteiger charge is -2.25. The number of hydrogen-bond donors (Lipinski definition) is 2. The number of aliphatic hydroxyl groups is 1. The average molecular weight is 309 g/mol.